The van der Waals surface area contributed by atoms with E-state index in [2.05, 4.69) is 37.8 Å². The van der Waals surface area contributed by atoms with Crippen LogP contribution in [0.25, 0.3) is 0 Å². The molecule has 3 heteroatoms. The van der Waals surface area contributed by atoms with Crippen LogP contribution in [0.2, 0.25) is 0 Å². The Kier molecular flexibility index (Phi) is 4.20. The molecule has 2 nitrogen and oxygen atoms in total. The van der Waals surface area contributed by atoms with Crippen LogP contribution >= 0.6 is 11.8 Å². The summed E-state index contributed by atoms with van der Waals surface area (Å²) >= 11 is 2.10. The smallest absolute Gasteiger partial charge is 0.0604 e. The minimum absolute atomic E-state index is 0.474. The molecule has 1 aliphatic heterocycles. The molecule has 16 heavy (non-hydrogen) atoms. The van der Waals surface area contributed by atoms with Crippen LogP contribution in [0.4, 0.5) is 0 Å². The van der Waals surface area contributed by atoms with Crippen LogP contribution in [0.5, 0.6) is 0 Å². The highest BCUT2D eigenvalue weighted by Crippen LogP contribution is 2.36. The molecule has 1 atom stereocenters. The monoisotopic (exact) mass is 243 g/mol. The Bertz CT molecular complexity index is 226. The summed E-state index contributed by atoms with van der Waals surface area (Å²) in [5.74, 6) is 2.61. The van der Waals surface area contributed by atoms with Crippen LogP contribution in [0.3, 0.4) is 0 Å². The average molecular weight is 243 g/mol. The fourth-order valence-electron chi connectivity index (χ4n) is 2.57. The Labute approximate surface area is 104 Å². The molecular formula is C13H25NOS. The molecule has 1 unspecified atom stereocenters. The van der Waals surface area contributed by atoms with Crippen molar-refractivity contribution in [3.8, 4) is 0 Å². The van der Waals surface area contributed by atoms with Gasteiger partial charge in [-0.2, -0.15) is 11.8 Å². The van der Waals surface area contributed by atoms with Crippen molar-refractivity contribution in [2.45, 2.75) is 58.2 Å². The number of hydrogen-bond donors (Lipinski definition) is 1. The van der Waals surface area contributed by atoms with Crippen molar-refractivity contribution in [1.29, 1.82) is 0 Å². The van der Waals surface area contributed by atoms with E-state index in [9.17, 15) is 0 Å². The van der Waals surface area contributed by atoms with E-state index < -0.39 is 0 Å². The lowest BCUT2D eigenvalue weighted by molar-refractivity contribution is -0.0157. The number of thioether (sulfide) groups is 1. The van der Waals surface area contributed by atoms with Crippen LogP contribution in [-0.4, -0.2) is 36.3 Å². The normalized spacial score (nSPS) is 38.1. The molecule has 1 saturated carbocycles. The molecule has 1 saturated heterocycles. The molecule has 2 rings (SSSR count). The molecule has 0 amide bonds. The third kappa shape index (κ3) is 2.93. The van der Waals surface area contributed by atoms with E-state index in [0.717, 1.165) is 6.61 Å². The van der Waals surface area contributed by atoms with E-state index in [4.69, 9.17) is 4.74 Å². The molecule has 0 spiro atoms. The standard InChI is InChI=1S/C13H25NOS/c1-4-15-11-7-10(8-11)14-12-9-16-6-5-13(12,2)3/h10-12,14H,4-9H2,1-3H3. The quantitative estimate of drug-likeness (QED) is 0.820. The summed E-state index contributed by atoms with van der Waals surface area (Å²) in [5, 5.41) is 3.83. The van der Waals surface area contributed by atoms with E-state index >= 15 is 0 Å². The van der Waals surface area contributed by atoms with Gasteiger partial charge in [0.2, 0.25) is 0 Å². The molecule has 1 aliphatic carbocycles. The predicted molar refractivity (Wildman–Crippen MR) is 71.1 cm³/mol. The first kappa shape index (κ1) is 12.7. The minimum atomic E-state index is 0.474. The molecule has 0 aromatic carbocycles. The van der Waals surface area contributed by atoms with Gasteiger partial charge in [-0.1, -0.05) is 13.8 Å². The predicted octanol–water partition coefficient (Wildman–Crippen LogP) is 2.68. The van der Waals surface area contributed by atoms with Crippen molar-refractivity contribution < 1.29 is 4.74 Å². The van der Waals surface area contributed by atoms with Crippen LogP contribution in [0.1, 0.15) is 40.0 Å². The van der Waals surface area contributed by atoms with E-state index in [1.807, 2.05) is 0 Å². The maximum absolute atomic E-state index is 5.60. The van der Waals surface area contributed by atoms with E-state index in [0.29, 0.717) is 23.6 Å². The first-order valence-corrected chi connectivity index (χ1v) is 7.72. The highest BCUT2D eigenvalue weighted by Gasteiger charge is 2.37. The van der Waals surface area contributed by atoms with Crippen molar-refractivity contribution in [3.05, 3.63) is 0 Å². The fraction of sp³-hybridized carbons (Fsp3) is 1.00. The number of hydrogen-bond acceptors (Lipinski definition) is 3. The van der Waals surface area contributed by atoms with Crippen LogP contribution < -0.4 is 5.32 Å². The second kappa shape index (κ2) is 5.28. The van der Waals surface area contributed by atoms with Crippen LogP contribution in [0, 0.1) is 5.41 Å². The zero-order chi connectivity index (χ0) is 11.6. The molecule has 2 fully saturated rings. The van der Waals surface area contributed by atoms with Gasteiger partial charge in [0.05, 0.1) is 6.10 Å². The SMILES string of the molecule is CCOC1CC(NC2CSCCC2(C)C)C1. The van der Waals surface area contributed by atoms with Gasteiger partial charge in [0.15, 0.2) is 0 Å². The number of rotatable bonds is 4. The van der Waals surface area contributed by atoms with Gasteiger partial charge in [0.25, 0.3) is 0 Å². The molecule has 0 aromatic rings. The second-order valence-electron chi connectivity index (χ2n) is 5.78. The molecule has 0 aromatic heterocycles. The highest BCUT2D eigenvalue weighted by molar-refractivity contribution is 7.99. The van der Waals surface area contributed by atoms with Gasteiger partial charge >= 0.3 is 0 Å². The molecule has 2 aliphatic rings. The minimum Gasteiger partial charge on any atom is -0.378 e. The third-order valence-electron chi connectivity index (χ3n) is 4.05. The highest BCUT2D eigenvalue weighted by atomic mass is 32.2. The Morgan fingerprint density at radius 3 is 2.75 bits per heavy atom. The van der Waals surface area contributed by atoms with Crippen molar-refractivity contribution in [2.75, 3.05) is 18.1 Å². The first-order valence-electron chi connectivity index (χ1n) is 6.57. The number of ether oxygens (including phenoxy) is 1. The third-order valence-corrected chi connectivity index (χ3v) is 5.11. The van der Waals surface area contributed by atoms with Gasteiger partial charge < -0.3 is 10.1 Å². The van der Waals surface area contributed by atoms with Gasteiger partial charge in [0, 0.05) is 24.4 Å². The lowest BCUT2D eigenvalue weighted by atomic mass is 9.80. The molecule has 1 heterocycles. The van der Waals surface area contributed by atoms with Crippen molar-refractivity contribution in [3.63, 3.8) is 0 Å². The summed E-state index contributed by atoms with van der Waals surface area (Å²) in [4.78, 5) is 0. The Hall–Kier alpha value is 0.270. The van der Waals surface area contributed by atoms with Gasteiger partial charge in [0.1, 0.15) is 0 Å². The lowest BCUT2D eigenvalue weighted by Gasteiger charge is -2.45. The maximum Gasteiger partial charge on any atom is 0.0604 e. The summed E-state index contributed by atoms with van der Waals surface area (Å²) < 4.78 is 5.60. The zero-order valence-corrected chi connectivity index (χ0v) is 11.6. The molecule has 0 bridgehead atoms. The number of nitrogens with one attached hydrogen (secondary N) is 1. The Morgan fingerprint density at radius 2 is 2.12 bits per heavy atom. The van der Waals surface area contributed by atoms with Crippen LogP contribution in [0.15, 0.2) is 0 Å². The first-order chi connectivity index (χ1) is 7.62. The van der Waals surface area contributed by atoms with Crippen LogP contribution in [-0.2, 0) is 4.74 Å². The average Bonchev–Trinajstić information content (AvgIpc) is 2.17. The van der Waals surface area contributed by atoms with Gasteiger partial charge in [-0.05, 0) is 37.4 Å². The van der Waals surface area contributed by atoms with Gasteiger partial charge in [-0.25, -0.2) is 0 Å². The van der Waals surface area contributed by atoms with Crippen molar-refractivity contribution >= 4 is 11.8 Å². The molecular weight excluding hydrogens is 218 g/mol. The Morgan fingerprint density at radius 1 is 1.38 bits per heavy atom. The second-order valence-corrected chi connectivity index (χ2v) is 6.93. The van der Waals surface area contributed by atoms with Crippen molar-refractivity contribution in [1.82, 2.24) is 5.32 Å². The summed E-state index contributed by atoms with van der Waals surface area (Å²) in [6.45, 7) is 7.76. The summed E-state index contributed by atoms with van der Waals surface area (Å²) in [6, 6.07) is 1.40. The van der Waals surface area contributed by atoms with Crippen molar-refractivity contribution in [2.24, 2.45) is 5.41 Å². The van der Waals surface area contributed by atoms with Gasteiger partial charge in [-0.15, -0.1) is 0 Å². The lowest BCUT2D eigenvalue weighted by Crippen LogP contribution is -2.55. The molecule has 1 N–H and O–H groups in total. The maximum atomic E-state index is 5.60. The summed E-state index contributed by atoms with van der Waals surface area (Å²) in [6.07, 6.45) is 4.30. The summed E-state index contributed by atoms with van der Waals surface area (Å²) in [7, 11) is 0. The fourth-order valence-corrected chi connectivity index (χ4v) is 4.19. The molecule has 0 radical (unpaired) electrons. The Balaban J connectivity index is 1.73. The van der Waals surface area contributed by atoms with E-state index in [-0.39, 0.29) is 0 Å². The van der Waals surface area contributed by atoms with E-state index in [1.165, 1.54) is 30.8 Å². The topological polar surface area (TPSA) is 21.3 Å². The van der Waals surface area contributed by atoms with Gasteiger partial charge in [-0.3, -0.25) is 0 Å². The summed E-state index contributed by atoms with van der Waals surface area (Å²) in [5.41, 5.74) is 0.474. The largest absolute Gasteiger partial charge is 0.378 e. The zero-order valence-electron chi connectivity index (χ0n) is 10.8. The van der Waals surface area contributed by atoms with E-state index in [1.54, 1.807) is 0 Å². The molecule has 94 valence electrons.